The standard InChI is InChI=1S/C14H11F3IN/c15-11-5-6-13(12(18)7-11)19-8-9-1-3-10(4-2-9)14(16)17/h1-7,14,19H,8H2. The van der Waals surface area contributed by atoms with Gasteiger partial charge < -0.3 is 5.32 Å². The van der Waals surface area contributed by atoms with Crippen LogP contribution < -0.4 is 5.32 Å². The van der Waals surface area contributed by atoms with Crippen molar-refractivity contribution in [1.82, 2.24) is 0 Å². The number of benzene rings is 2. The summed E-state index contributed by atoms with van der Waals surface area (Å²) in [5, 5.41) is 3.14. The first-order valence-corrected chi connectivity index (χ1v) is 6.70. The molecule has 0 atom stereocenters. The molecule has 100 valence electrons. The first-order chi connectivity index (χ1) is 9.06. The van der Waals surface area contributed by atoms with Crippen LogP contribution in [-0.2, 0) is 6.54 Å². The van der Waals surface area contributed by atoms with Gasteiger partial charge in [0.2, 0.25) is 0 Å². The second-order valence-electron chi connectivity index (χ2n) is 4.02. The van der Waals surface area contributed by atoms with Gasteiger partial charge in [-0.15, -0.1) is 0 Å². The summed E-state index contributed by atoms with van der Waals surface area (Å²) in [4.78, 5) is 0. The van der Waals surface area contributed by atoms with Crippen molar-refractivity contribution < 1.29 is 13.2 Å². The highest BCUT2D eigenvalue weighted by Gasteiger charge is 2.06. The van der Waals surface area contributed by atoms with Gasteiger partial charge >= 0.3 is 0 Å². The molecule has 0 spiro atoms. The third-order valence-electron chi connectivity index (χ3n) is 2.65. The van der Waals surface area contributed by atoms with Crippen molar-refractivity contribution >= 4 is 28.3 Å². The minimum Gasteiger partial charge on any atom is -0.380 e. The molecule has 0 aliphatic rings. The Kier molecular flexibility index (Phi) is 4.68. The van der Waals surface area contributed by atoms with E-state index in [-0.39, 0.29) is 11.4 Å². The molecular formula is C14H11F3IN. The van der Waals surface area contributed by atoms with Crippen molar-refractivity contribution in [2.24, 2.45) is 0 Å². The van der Waals surface area contributed by atoms with E-state index in [2.05, 4.69) is 5.32 Å². The summed E-state index contributed by atoms with van der Waals surface area (Å²) in [6, 6.07) is 10.6. The van der Waals surface area contributed by atoms with Gasteiger partial charge in [0.1, 0.15) is 5.82 Å². The van der Waals surface area contributed by atoms with Gasteiger partial charge in [-0.25, -0.2) is 13.2 Å². The lowest BCUT2D eigenvalue weighted by molar-refractivity contribution is 0.151. The van der Waals surface area contributed by atoms with E-state index in [1.54, 1.807) is 18.2 Å². The largest absolute Gasteiger partial charge is 0.380 e. The molecule has 19 heavy (non-hydrogen) atoms. The lowest BCUT2D eigenvalue weighted by Crippen LogP contribution is -2.01. The Hall–Kier alpha value is -1.24. The van der Waals surface area contributed by atoms with Gasteiger partial charge in [0.05, 0.1) is 0 Å². The second-order valence-corrected chi connectivity index (χ2v) is 5.18. The smallest absolute Gasteiger partial charge is 0.263 e. The lowest BCUT2D eigenvalue weighted by Gasteiger charge is -2.09. The fourth-order valence-electron chi connectivity index (χ4n) is 1.61. The van der Waals surface area contributed by atoms with Crippen LogP contribution in [0.5, 0.6) is 0 Å². The number of anilines is 1. The number of alkyl halides is 2. The molecule has 0 amide bonds. The molecule has 0 heterocycles. The number of hydrogen-bond donors (Lipinski definition) is 1. The minimum absolute atomic E-state index is 0.0140. The van der Waals surface area contributed by atoms with Crippen LogP contribution in [0.1, 0.15) is 17.6 Å². The zero-order valence-electron chi connectivity index (χ0n) is 9.84. The predicted molar refractivity (Wildman–Crippen MR) is 77.8 cm³/mol. The van der Waals surface area contributed by atoms with Gasteiger partial charge in [0.15, 0.2) is 0 Å². The summed E-state index contributed by atoms with van der Waals surface area (Å²) < 4.78 is 38.5. The van der Waals surface area contributed by atoms with E-state index in [0.29, 0.717) is 6.54 Å². The van der Waals surface area contributed by atoms with Crippen LogP contribution in [0.2, 0.25) is 0 Å². The fraction of sp³-hybridized carbons (Fsp3) is 0.143. The molecule has 0 unspecified atom stereocenters. The maximum Gasteiger partial charge on any atom is 0.263 e. The van der Waals surface area contributed by atoms with E-state index < -0.39 is 6.43 Å². The first kappa shape index (κ1) is 14.2. The molecule has 2 aromatic carbocycles. The van der Waals surface area contributed by atoms with Gasteiger partial charge in [-0.05, 0) is 46.4 Å². The number of halogens is 4. The van der Waals surface area contributed by atoms with Crippen molar-refractivity contribution in [3.05, 3.63) is 63.0 Å². The Morgan fingerprint density at radius 3 is 2.32 bits per heavy atom. The first-order valence-electron chi connectivity index (χ1n) is 5.62. The quantitative estimate of drug-likeness (QED) is 0.742. The Bertz CT molecular complexity index is 555. The van der Waals surface area contributed by atoms with E-state index in [0.717, 1.165) is 14.8 Å². The number of hydrogen-bond acceptors (Lipinski definition) is 1. The highest BCUT2D eigenvalue weighted by Crippen LogP contribution is 2.21. The van der Waals surface area contributed by atoms with Gasteiger partial charge in [-0.1, -0.05) is 24.3 Å². The molecule has 0 bridgehead atoms. The monoisotopic (exact) mass is 377 g/mol. The maximum absolute atomic E-state index is 12.9. The predicted octanol–water partition coefficient (Wildman–Crippen LogP) is 4.98. The van der Waals surface area contributed by atoms with E-state index in [9.17, 15) is 13.2 Å². The van der Waals surface area contributed by atoms with Crippen molar-refractivity contribution in [3.8, 4) is 0 Å². The average molecular weight is 377 g/mol. The molecule has 0 aromatic heterocycles. The number of rotatable bonds is 4. The van der Waals surface area contributed by atoms with E-state index in [1.165, 1.54) is 24.3 Å². The zero-order chi connectivity index (χ0) is 13.8. The molecule has 1 nitrogen and oxygen atoms in total. The van der Waals surface area contributed by atoms with Crippen LogP contribution in [-0.4, -0.2) is 0 Å². The Morgan fingerprint density at radius 2 is 1.74 bits per heavy atom. The number of nitrogens with one attached hydrogen (secondary N) is 1. The van der Waals surface area contributed by atoms with Crippen LogP contribution in [0.3, 0.4) is 0 Å². The molecule has 0 saturated carbocycles. The Balaban J connectivity index is 2.02. The normalized spacial score (nSPS) is 10.8. The molecular weight excluding hydrogens is 366 g/mol. The average Bonchev–Trinajstić information content (AvgIpc) is 2.38. The summed E-state index contributed by atoms with van der Waals surface area (Å²) >= 11 is 2.04. The molecule has 0 radical (unpaired) electrons. The van der Waals surface area contributed by atoms with Crippen molar-refractivity contribution in [2.75, 3.05) is 5.32 Å². The second kappa shape index (κ2) is 6.27. The molecule has 0 fully saturated rings. The molecule has 0 aliphatic heterocycles. The van der Waals surface area contributed by atoms with Crippen molar-refractivity contribution in [2.45, 2.75) is 13.0 Å². The molecule has 1 N–H and O–H groups in total. The molecule has 2 rings (SSSR count). The summed E-state index contributed by atoms with van der Waals surface area (Å²) in [5.74, 6) is -0.281. The van der Waals surface area contributed by atoms with Gasteiger partial charge in [-0.3, -0.25) is 0 Å². The third kappa shape index (κ3) is 3.86. The molecule has 0 saturated heterocycles. The highest BCUT2D eigenvalue weighted by atomic mass is 127. The van der Waals surface area contributed by atoms with Crippen molar-refractivity contribution in [1.29, 1.82) is 0 Å². The minimum atomic E-state index is -2.44. The summed E-state index contributed by atoms with van der Waals surface area (Å²) in [7, 11) is 0. The van der Waals surface area contributed by atoms with Crippen LogP contribution in [0.25, 0.3) is 0 Å². The van der Waals surface area contributed by atoms with Gasteiger partial charge in [-0.2, -0.15) is 0 Å². The summed E-state index contributed by atoms with van der Waals surface area (Å²) in [6.45, 7) is 0.505. The molecule has 5 heteroatoms. The highest BCUT2D eigenvalue weighted by molar-refractivity contribution is 14.1. The van der Waals surface area contributed by atoms with E-state index in [4.69, 9.17) is 0 Å². The molecule has 2 aromatic rings. The maximum atomic E-state index is 12.9. The van der Waals surface area contributed by atoms with E-state index in [1.807, 2.05) is 22.6 Å². The third-order valence-corrected chi connectivity index (χ3v) is 3.54. The van der Waals surface area contributed by atoms with Crippen molar-refractivity contribution in [3.63, 3.8) is 0 Å². The summed E-state index contributed by atoms with van der Waals surface area (Å²) in [6.07, 6.45) is -2.44. The topological polar surface area (TPSA) is 12.0 Å². The molecule has 0 aliphatic carbocycles. The Morgan fingerprint density at radius 1 is 1.05 bits per heavy atom. The Labute approximate surface area is 123 Å². The van der Waals surface area contributed by atoms with Crippen LogP contribution in [0.15, 0.2) is 42.5 Å². The van der Waals surface area contributed by atoms with Gasteiger partial charge in [0, 0.05) is 21.4 Å². The summed E-state index contributed by atoms with van der Waals surface area (Å²) in [5.41, 5.74) is 1.73. The van der Waals surface area contributed by atoms with Gasteiger partial charge in [0.25, 0.3) is 6.43 Å². The van der Waals surface area contributed by atoms with Crippen LogP contribution in [0.4, 0.5) is 18.9 Å². The lowest BCUT2D eigenvalue weighted by atomic mass is 10.1. The SMILES string of the molecule is Fc1ccc(NCc2ccc(C(F)F)cc2)c(I)c1. The zero-order valence-corrected chi connectivity index (χ0v) is 12.0. The van der Waals surface area contributed by atoms with Crippen LogP contribution in [0, 0.1) is 9.39 Å². The fourth-order valence-corrected chi connectivity index (χ4v) is 2.28. The van der Waals surface area contributed by atoms with E-state index >= 15 is 0 Å². The van der Waals surface area contributed by atoms with Crippen LogP contribution >= 0.6 is 22.6 Å².